The number of hydrogen-bond donors (Lipinski definition) is 3. The van der Waals surface area contributed by atoms with Crippen LogP contribution in [0.15, 0.2) is 46.0 Å². The van der Waals surface area contributed by atoms with Gasteiger partial charge in [0.15, 0.2) is 11.5 Å². The molecular weight excluding hydrogens is 378 g/mol. The van der Waals surface area contributed by atoms with E-state index in [9.17, 15) is 9.90 Å². The summed E-state index contributed by atoms with van der Waals surface area (Å²) >= 11 is 3.21. The van der Waals surface area contributed by atoms with Gasteiger partial charge >= 0.3 is 0 Å². The number of carbonyl (C=O) groups excluding carboxylic acids is 1. The van der Waals surface area contributed by atoms with Gasteiger partial charge in [-0.25, -0.2) is 5.43 Å². The van der Waals surface area contributed by atoms with Crippen molar-refractivity contribution in [2.24, 2.45) is 5.10 Å². The maximum atomic E-state index is 11.8. The van der Waals surface area contributed by atoms with Crippen LogP contribution in [0.1, 0.15) is 5.56 Å². The lowest BCUT2D eigenvalue weighted by molar-refractivity contribution is -0.119. The van der Waals surface area contributed by atoms with Gasteiger partial charge < -0.3 is 19.9 Å². The lowest BCUT2D eigenvalue weighted by atomic mass is 10.2. The summed E-state index contributed by atoms with van der Waals surface area (Å²) in [7, 11) is 0. The number of rotatable bonds is 5. The van der Waals surface area contributed by atoms with Crippen LogP contribution in [0, 0.1) is 0 Å². The van der Waals surface area contributed by atoms with Gasteiger partial charge in [0, 0.05) is 11.8 Å². The third kappa shape index (κ3) is 3.96. The van der Waals surface area contributed by atoms with Crippen LogP contribution < -0.4 is 20.2 Å². The number of nitrogens with zero attached hydrogens (tertiary/aromatic N) is 1. The number of hydrogen-bond acceptors (Lipinski definition) is 6. The van der Waals surface area contributed by atoms with Gasteiger partial charge in [0.05, 0.1) is 17.2 Å². The average molecular weight is 392 g/mol. The zero-order chi connectivity index (χ0) is 16.9. The number of anilines is 1. The van der Waals surface area contributed by atoms with E-state index in [1.165, 1.54) is 12.3 Å². The van der Waals surface area contributed by atoms with Crippen LogP contribution in [0.2, 0.25) is 0 Å². The number of phenols is 1. The lowest BCUT2D eigenvalue weighted by Crippen LogP contribution is -2.25. The van der Waals surface area contributed by atoms with E-state index >= 15 is 0 Å². The fourth-order valence-corrected chi connectivity index (χ4v) is 2.41. The number of ether oxygens (including phenoxy) is 2. The summed E-state index contributed by atoms with van der Waals surface area (Å²) in [4.78, 5) is 11.8. The van der Waals surface area contributed by atoms with E-state index in [1.807, 2.05) is 0 Å². The maximum absolute atomic E-state index is 11.8. The van der Waals surface area contributed by atoms with Gasteiger partial charge in [0.1, 0.15) is 5.75 Å². The van der Waals surface area contributed by atoms with E-state index in [-0.39, 0.29) is 25.0 Å². The van der Waals surface area contributed by atoms with Gasteiger partial charge in [-0.1, -0.05) is 0 Å². The van der Waals surface area contributed by atoms with E-state index in [0.717, 1.165) is 11.3 Å². The first-order chi connectivity index (χ1) is 11.6. The van der Waals surface area contributed by atoms with Crippen LogP contribution in [0.4, 0.5) is 5.69 Å². The number of fused-ring (bicyclic) bond motifs is 1. The largest absolute Gasteiger partial charge is 0.507 e. The van der Waals surface area contributed by atoms with E-state index in [0.29, 0.717) is 16.0 Å². The molecule has 0 spiro atoms. The molecule has 8 heteroatoms. The number of phenolic OH excluding ortho intramolecular Hbond substituents is 1. The van der Waals surface area contributed by atoms with Crippen molar-refractivity contribution in [1.29, 1.82) is 0 Å². The fourth-order valence-electron chi connectivity index (χ4n) is 2.01. The molecule has 0 bridgehead atoms. The molecule has 0 unspecified atom stereocenters. The number of halogens is 1. The highest BCUT2D eigenvalue weighted by atomic mass is 79.9. The number of carbonyl (C=O) groups is 1. The van der Waals surface area contributed by atoms with Crippen LogP contribution in [0.3, 0.4) is 0 Å². The zero-order valence-electron chi connectivity index (χ0n) is 12.5. The highest BCUT2D eigenvalue weighted by Gasteiger charge is 2.13. The second-order valence-electron chi connectivity index (χ2n) is 4.93. The normalized spacial score (nSPS) is 12.4. The number of aromatic hydroxyl groups is 1. The molecule has 2 aromatic carbocycles. The monoisotopic (exact) mass is 391 g/mol. The second kappa shape index (κ2) is 7.22. The van der Waals surface area contributed by atoms with Crippen molar-refractivity contribution in [1.82, 2.24) is 5.43 Å². The number of hydrazone groups is 1. The Labute approximate surface area is 146 Å². The smallest absolute Gasteiger partial charge is 0.259 e. The molecule has 3 rings (SSSR count). The van der Waals surface area contributed by atoms with Crippen LogP contribution in [-0.2, 0) is 4.79 Å². The van der Waals surface area contributed by atoms with Crippen LogP contribution >= 0.6 is 15.9 Å². The summed E-state index contributed by atoms with van der Waals surface area (Å²) in [5.74, 6) is 1.19. The predicted molar refractivity (Wildman–Crippen MR) is 92.6 cm³/mol. The minimum atomic E-state index is -0.290. The predicted octanol–water partition coefficient (Wildman–Crippen LogP) is 2.45. The summed E-state index contributed by atoms with van der Waals surface area (Å²) in [6.45, 7) is 0.275. The molecule has 0 aromatic heterocycles. The van der Waals surface area contributed by atoms with E-state index in [2.05, 4.69) is 31.8 Å². The molecular formula is C16H14BrN3O4. The molecule has 24 heavy (non-hydrogen) atoms. The van der Waals surface area contributed by atoms with Crippen LogP contribution in [0.25, 0.3) is 0 Å². The van der Waals surface area contributed by atoms with E-state index < -0.39 is 0 Å². The lowest BCUT2D eigenvalue weighted by Gasteiger charge is -2.06. The van der Waals surface area contributed by atoms with Gasteiger partial charge in [-0.15, -0.1) is 0 Å². The Kier molecular flexibility index (Phi) is 4.85. The Morgan fingerprint density at radius 3 is 2.92 bits per heavy atom. The van der Waals surface area contributed by atoms with Crippen molar-refractivity contribution in [2.45, 2.75) is 0 Å². The number of benzene rings is 2. The first-order valence-electron chi connectivity index (χ1n) is 7.06. The van der Waals surface area contributed by atoms with Gasteiger partial charge in [-0.05, 0) is 51.8 Å². The van der Waals surface area contributed by atoms with Crippen molar-refractivity contribution in [2.75, 3.05) is 18.7 Å². The van der Waals surface area contributed by atoms with E-state index in [1.54, 1.807) is 30.3 Å². The Hall–Kier alpha value is -2.74. The SMILES string of the molecule is O=C(CNc1ccc2c(c1)OCO2)NN=Cc1ccc(O)c(Br)c1. The van der Waals surface area contributed by atoms with Gasteiger partial charge in [0.25, 0.3) is 5.91 Å². The van der Waals surface area contributed by atoms with Crippen molar-refractivity contribution < 1.29 is 19.4 Å². The summed E-state index contributed by atoms with van der Waals surface area (Å²) in [6.07, 6.45) is 1.49. The molecule has 1 aliphatic rings. The maximum Gasteiger partial charge on any atom is 0.259 e. The second-order valence-corrected chi connectivity index (χ2v) is 5.78. The van der Waals surface area contributed by atoms with Crippen molar-refractivity contribution in [3.05, 3.63) is 46.4 Å². The van der Waals surface area contributed by atoms with Crippen molar-refractivity contribution in [3.8, 4) is 17.2 Å². The highest BCUT2D eigenvalue weighted by Crippen LogP contribution is 2.34. The third-order valence-corrected chi connectivity index (χ3v) is 3.84. The number of amides is 1. The molecule has 3 N–H and O–H groups in total. The Morgan fingerprint density at radius 1 is 1.25 bits per heavy atom. The minimum absolute atomic E-state index is 0.0657. The zero-order valence-corrected chi connectivity index (χ0v) is 14.0. The Morgan fingerprint density at radius 2 is 2.08 bits per heavy atom. The molecule has 0 aliphatic carbocycles. The first kappa shape index (κ1) is 16.1. The Bertz CT molecular complexity index is 795. The molecule has 2 aromatic rings. The third-order valence-electron chi connectivity index (χ3n) is 3.20. The van der Waals surface area contributed by atoms with Crippen molar-refractivity contribution in [3.63, 3.8) is 0 Å². The molecule has 7 nitrogen and oxygen atoms in total. The van der Waals surface area contributed by atoms with Gasteiger partial charge in [-0.3, -0.25) is 4.79 Å². The summed E-state index contributed by atoms with van der Waals surface area (Å²) in [5.41, 5.74) is 3.91. The minimum Gasteiger partial charge on any atom is -0.507 e. The average Bonchev–Trinajstić information content (AvgIpc) is 3.04. The first-order valence-corrected chi connectivity index (χ1v) is 7.85. The molecule has 1 amide bonds. The molecule has 0 saturated heterocycles. The molecule has 124 valence electrons. The van der Waals surface area contributed by atoms with E-state index in [4.69, 9.17) is 9.47 Å². The molecule has 1 aliphatic heterocycles. The summed E-state index contributed by atoms with van der Waals surface area (Å²) in [5, 5.41) is 16.3. The van der Waals surface area contributed by atoms with Gasteiger partial charge in [0.2, 0.25) is 6.79 Å². The quantitative estimate of drug-likeness (QED) is 0.537. The van der Waals surface area contributed by atoms with Gasteiger partial charge in [-0.2, -0.15) is 5.10 Å². The van der Waals surface area contributed by atoms with Crippen LogP contribution in [0.5, 0.6) is 17.2 Å². The standard InChI is InChI=1S/C16H14BrN3O4/c17-12-5-10(1-3-13(12)21)7-19-20-16(22)8-18-11-2-4-14-15(6-11)24-9-23-14/h1-7,18,21H,8-9H2,(H,20,22). The molecule has 0 atom stereocenters. The highest BCUT2D eigenvalue weighted by molar-refractivity contribution is 9.10. The molecule has 0 radical (unpaired) electrons. The van der Waals surface area contributed by atoms with Crippen LogP contribution in [-0.4, -0.2) is 30.6 Å². The Balaban J connectivity index is 1.49. The fraction of sp³-hybridized carbons (Fsp3) is 0.125. The topological polar surface area (TPSA) is 92.2 Å². The summed E-state index contributed by atoms with van der Waals surface area (Å²) in [6, 6.07) is 10.3. The van der Waals surface area contributed by atoms with Crippen molar-refractivity contribution >= 4 is 33.7 Å². The summed E-state index contributed by atoms with van der Waals surface area (Å²) < 4.78 is 11.1. The molecule has 1 heterocycles. The number of nitrogens with one attached hydrogen (secondary N) is 2. The molecule has 0 fully saturated rings. The molecule has 0 saturated carbocycles.